The Morgan fingerprint density at radius 1 is 1.26 bits per heavy atom. The minimum Gasteiger partial charge on any atom is -0.368 e. The van der Waals surface area contributed by atoms with Crippen LogP contribution in [0.2, 0.25) is 0 Å². The van der Waals surface area contributed by atoms with Crippen molar-refractivity contribution in [2.75, 3.05) is 19.6 Å². The van der Waals surface area contributed by atoms with Crippen LogP contribution in [0.15, 0.2) is 0 Å². The van der Waals surface area contributed by atoms with E-state index in [9.17, 15) is 4.79 Å². The van der Waals surface area contributed by atoms with E-state index in [4.69, 9.17) is 4.74 Å². The maximum atomic E-state index is 12.0. The van der Waals surface area contributed by atoms with Gasteiger partial charge in [-0.25, -0.2) is 0 Å². The summed E-state index contributed by atoms with van der Waals surface area (Å²) < 4.78 is 6.05. The number of hydrogen-bond acceptors (Lipinski definition) is 3. The molecule has 2 aliphatic rings. The highest BCUT2D eigenvalue weighted by Crippen LogP contribution is 2.37. The van der Waals surface area contributed by atoms with Gasteiger partial charge in [-0.2, -0.15) is 0 Å². The van der Waals surface area contributed by atoms with Crippen LogP contribution in [0.5, 0.6) is 0 Å². The van der Waals surface area contributed by atoms with Crippen LogP contribution in [0, 0.1) is 0 Å². The first kappa shape index (κ1) is 14.8. The topological polar surface area (TPSA) is 41.6 Å². The summed E-state index contributed by atoms with van der Waals surface area (Å²) in [6.07, 6.45) is 3.93. The van der Waals surface area contributed by atoms with E-state index in [1.165, 1.54) is 0 Å². The minimum absolute atomic E-state index is 0.0693. The number of carbonyl (C=O) groups is 1. The van der Waals surface area contributed by atoms with Crippen LogP contribution < -0.4 is 5.32 Å². The van der Waals surface area contributed by atoms with Crippen molar-refractivity contribution < 1.29 is 9.53 Å². The molecule has 2 saturated heterocycles. The Morgan fingerprint density at radius 3 is 2.42 bits per heavy atom. The molecule has 0 aromatic carbocycles. The van der Waals surface area contributed by atoms with Gasteiger partial charge in [0, 0.05) is 32.1 Å². The molecule has 0 aromatic rings. The third kappa shape index (κ3) is 3.69. The van der Waals surface area contributed by atoms with Gasteiger partial charge < -0.3 is 15.0 Å². The first-order valence-electron chi connectivity index (χ1n) is 7.51. The molecule has 2 rings (SSSR count). The smallest absolute Gasteiger partial charge is 0.223 e. The van der Waals surface area contributed by atoms with Gasteiger partial charge in [0.25, 0.3) is 0 Å². The van der Waals surface area contributed by atoms with E-state index in [1.54, 1.807) is 0 Å². The highest BCUT2D eigenvalue weighted by Gasteiger charge is 2.45. The molecule has 110 valence electrons. The second-order valence-electron chi connectivity index (χ2n) is 7.01. The van der Waals surface area contributed by atoms with E-state index in [1.807, 2.05) is 4.90 Å². The van der Waals surface area contributed by atoms with Gasteiger partial charge in [-0.15, -0.1) is 0 Å². The fraction of sp³-hybridized carbons (Fsp3) is 0.933. The number of hydrogen-bond donors (Lipinski definition) is 1. The summed E-state index contributed by atoms with van der Waals surface area (Å²) in [6.45, 7) is 11.2. The molecule has 4 heteroatoms. The number of likely N-dealkylation sites (tertiary alicyclic amines) is 1. The van der Waals surface area contributed by atoms with Gasteiger partial charge in [0.1, 0.15) is 0 Å². The third-order valence-electron chi connectivity index (χ3n) is 4.26. The number of ether oxygens (including phenoxy) is 1. The van der Waals surface area contributed by atoms with Crippen molar-refractivity contribution in [3.05, 3.63) is 0 Å². The molecule has 2 heterocycles. The lowest BCUT2D eigenvalue weighted by molar-refractivity contribution is -0.130. The Balaban J connectivity index is 1.75. The van der Waals surface area contributed by atoms with Crippen LogP contribution in [-0.2, 0) is 9.53 Å². The SMILES string of the molecule is CC1(C)CC(NCCC(=O)N2CCCC2)C(C)(C)O1. The maximum Gasteiger partial charge on any atom is 0.223 e. The molecule has 0 saturated carbocycles. The number of rotatable bonds is 4. The summed E-state index contributed by atoms with van der Waals surface area (Å²) in [5, 5.41) is 3.51. The van der Waals surface area contributed by atoms with Crippen LogP contribution >= 0.6 is 0 Å². The van der Waals surface area contributed by atoms with Gasteiger partial charge >= 0.3 is 0 Å². The summed E-state index contributed by atoms with van der Waals surface area (Å²) >= 11 is 0. The molecule has 0 aliphatic carbocycles. The molecule has 2 aliphatic heterocycles. The Hall–Kier alpha value is -0.610. The Labute approximate surface area is 116 Å². The van der Waals surface area contributed by atoms with Gasteiger partial charge in [0.05, 0.1) is 11.2 Å². The molecule has 0 bridgehead atoms. The maximum absolute atomic E-state index is 12.0. The molecule has 19 heavy (non-hydrogen) atoms. The van der Waals surface area contributed by atoms with E-state index in [-0.39, 0.29) is 11.2 Å². The van der Waals surface area contributed by atoms with Crippen LogP contribution in [0.4, 0.5) is 0 Å². The molecule has 0 radical (unpaired) electrons. The van der Waals surface area contributed by atoms with Crippen LogP contribution in [0.3, 0.4) is 0 Å². The van der Waals surface area contributed by atoms with Crippen LogP contribution in [-0.4, -0.2) is 47.7 Å². The lowest BCUT2D eigenvalue weighted by atomic mass is 9.94. The van der Waals surface area contributed by atoms with Gasteiger partial charge in [-0.3, -0.25) is 4.79 Å². The van der Waals surface area contributed by atoms with E-state index in [0.717, 1.165) is 38.9 Å². The second kappa shape index (κ2) is 5.41. The largest absolute Gasteiger partial charge is 0.368 e. The van der Waals surface area contributed by atoms with Crippen molar-refractivity contribution in [3.8, 4) is 0 Å². The summed E-state index contributed by atoms with van der Waals surface area (Å²) in [6, 6.07) is 0.328. The van der Waals surface area contributed by atoms with Crippen molar-refractivity contribution in [3.63, 3.8) is 0 Å². The van der Waals surface area contributed by atoms with Crippen molar-refractivity contribution in [1.29, 1.82) is 0 Å². The average molecular weight is 268 g/mol. The van der Waals surface area contributed by atoms with Gasteiger partial charge in [-0.1, -0.05) is 0 Å². The molecule has 0 spiro atoms. The number of amides is 1. The van der Waals surface area contributed by atoms with Gasteiger partial charge in [0.15, 0.2) is 0 Å². The lowest BCUT2D eigenvalue weighted by Gasteiger charge is -2.28. The van der Waals surface area contributed by atoms with E-state index in [2.05, 4.69) is 33.0 Å². The van der Waals surface area contributed by atoms with E-state index < -0.39 is 0 Å². The molecule has 2 fully saturated rings. The van der Waals surface area contributed by atoms with Gasteiger partial charge in [0.2, 0.25) is 5.91 Å². The fourth-order valence-electron chi connectivity index (χ4n) is 3.36. The highest BCUT2D eigenvalue weighted by molar-refractivity contribution is 5.76. The number of nitrogens with one attached hydrogen (secondary N) is 1. The van der Waals surface area contributed by atoms with E-state index in [0.29, 0.717) is 18.4 Å². The zero-order chi connectivity index (χ0) is 14.1. The first-order valence-corrected chi connectivity index (χ1v) is 7.51. The summed E-state index contributed by atoms with van der Waals surface area (Å²) in [7, 11) is 0. The van der Waals surface area contributed by atoms with Crippen molar-refractivity contribution in [2.45, 2.75) is 70.6 Å². The van der Waals surface area contributed by atoms with Crippen LogP contribution in [0.25, 0.3) is 0 Å². The molecular formula is C15H28N2O2. The molecule has 0 aromatic heterocycles. The fourth-order valence-corrected chi connectivity index (χ4v) is 3.36. The summed E-state index contributed by atoms with van der Waals surface area (Å²) in [4.78, 5) is 14.0. The Morgan fingerprint density at radius 2 is 1.89 bits per heavy atom. The molecule has 4 nitrogen and oxygen atoms in total. The van der Waals surface area contributed by atoms with Crippen LogP contribution in [0.1, 0.15) is 53.4 Å². The molecule has 1 amide bonds. The predicted molar refractivity (Wildman–Crippen MR) is 76.1 cm³/mol. The molecule has 1 unspecified atom stereocenters. The van der Waals surface area contributed by atoms with Gasteiger partial charge in [-0.05, 0) is 47.0 Å². The Kier molecular flexibility index (Phi) is 4.21. The summed E-state index contributed by atoms with van der Waals surface area (Å²) in [5.74, 6) is 0.293. The second-order valence-corrected chi connectivity index (χ2v) is 7.01. The van der Waals surface area contributed by atoms with Crippen molar-refractivity contribution in [2.24, 2.45) is 0 Å². The zero-order valence-electron chi connectivity index (χ0n) is 12.8. The third-order valence-corrected chi connectivity index (χ3v) is 4.26. The standard InChI is InChI=1S/C15H28N2O2/c1-14(2)11-12(15(3,4)19-14)16-8-7-13(18)17-9-5-6-10-17/h12,16H,5-11H2,1-4H3. The monoisotopic (exact) mass is 268 g/mol. The average Bonchev–Trinajstić information content (AvgIpc) is 2.84. The highest BCUT2D eigenvalue weighted by atomic mass is 16.5. The quantitative estimate of drug-likeness (QED) is 0.847. The minimum atomic E-state index is -0.153. The molecular weight excluding hydrogens is 240 g/mol. The molecule has 1 N–H and O–H groups in total. The zero-order valence-corrected chi connectivity index (χ0v) is 12.8. The number of carbonyl (C=O) groups excluding carboxylic acids is 1. The van der Waals surface area contributed by atoms with Crippen molar-refractivity contribution >= 4 is 5.91 Å². The Bertz CT molecular complexity index is 333. The first-order chi connectivity index (χ1) is 8.80. The van der Waals surface area contributed by atoms with Crippen molar-refractivity contribution in [1.82, 2.24) is 10.2 Å². The normalized spacial score (nSPS) is 28.8. The predicted octanol–water partition coefficient (Wildman–Crippen LogP) is 1.93. The molecule has 1 atom stereocenters. The van der Waals surface area contributed by atoms with E-state index >= 15 is 0 Å². The lowest BCUT2D eigenvalue weighted by Crippen LogP contribution is -2.44. The summed E-state index contributed by atoms with van der Waals surface area (Å²) in [5.41, 5.74) is -0.222. The number of nitrogens with zero attached hydrogens (tertiary/aromatic N) is 1.